The number of nitrogens with zero attached hydrogens (tertiary/aromatic N) is 1. The smallest absolute Gasteiger partial charge is 0.410 e. The normalized spacial score (nSPS) is 15.8. The lowest BCUT2D eigenvalue weighted by Gasteiger charge is -2.31. The van der Waals surface area contributed by atoms with E-state index in [1.807, 2.05) is 32.9 Å². The zero-order chi connectivity index (χ0) is 15.5. The van der Waals surface area contributed by atoms with Gasteiger partial charge in [-0.05, 0) is 51.3 Å². The van der Waals surface area contributed by atoms with Crippen LogP contribution in [0.5, 0.6) is 0 Å². The van der Waals surface area contributed by atoms with E-state index in [0.29, 0.717) is 0 Å². The number of benzene rings is 1. The van der Waals surface area contributed by atoms with Gasteiger partial charge in [-0.1, -0.05) is 39.7 Å². The Bertz CT molecular complexity index is 519. The molecule has 1 aliphatic rings. The number of piperidine rings is 1. The number of carbonyl (C=O) groups is 1. The van der Waals surface area contributed by atoms with Crippen molar-refractivity contribution in [2.24, 2.45) is 0 Å². The van der Waals surface area contributed by atoms with Crippen LogP contribution in [0.1, 0.15) is 39.2 Å². The highest BCUT2D eigenvalue weighted by Crippen LogP contribution is 2.22. The summed E-state index contributed by atoms with van der Waals surface area (Å²) in [4.78, 5) is 13.8. The minimum Gasteiger partial charge on any atom is -0.444 e. The second kappa shape index (κ2) is 6.65. The molecule has 0 radical (unpaired) electrons. The molecule has 0 aliphatic carbocycles. The maximum atomic E-state index is 12.0. The van der Waals surface area contributed by atoms with Crippen molar-refractivity contribution in [2.45, 2.75) is 39.2 Å². The summed E-state index contributed by atoms with van der Waals surface area (Å²) < 4.78 is 6.49. The summed E-state index contributed by atoms with van der Waals surface area (Å²) in [5.41, 5.74) is 2.17. The molecule has 114 valence electrons. The first-order valence-electron chi connectivity index (χ1n) is 7.26. The molecule has 1 aromatic carbocycles. The number of hydrogen-bond acceptors (Lipinski definition) is 2. The van der Waals surface area contributed by atoms with Gasteiger partial charge in [-0.25, -0.2) is 4.79 Å². The maximum Gasteiger partial charge on any atom is 0.410 e. The Morgan fingerprint density at radius 1 is 1.19 bits per heavy atom. The fourth-order valence-electron chi connectivity index (χ4n) is 2.24. The Morgan fingerprint density at radius 2 is 1.76 bits per heavy atom. The van der Waals surface area contributed by atoms with Crippen LogP contribution in [-0.4, -0.2) is 29.7 Å². The van der Waals surface area contributed by atoms with E-state index in [0.717, 1.165) is 30.4 Å². The van der Waals surface area contributed by atoms with Gasteiger partial charge in [-0.2, -0.15) is 0 Å². The lowest BCUT2D eigenvalue weighted by atomic mass is 10.0. The number of amides is 1. The zero-order valence-electron chi connectivity index (χ0n) is 12.9. The molecule has 0 saturated carbocycles. The minimum atomic E-state index is -0.426. The number of carbonyl (C=O) groups excluding carboxylic acids is 1. The Hall–Kier alpha value is -1.29. The zero-order valence-corrected chi connectivity index (χ0v) is 14.4. The molecular weight excluding hydrogens is 330 g/mol. The fourth-order valence-corrected chi connectivity index (χ4v) is 2.51. The number of ether oxygens (including phenoxy) is 1. The summed E-state index contributed by atoms with van der Waals surface area (Å²) in [6, 6.07) is 8.28. The summed E-state index contributed by atoms with van der Waals surface area (Å²) in [6.07, 6.45) is 3.84. The van der Waals surface area contributed by atoms with E-state index in [4.69, 9.17) is 4.74 Å². The average molecular weight is 352 g/mol. The molecule has 4 heteroatoms. The summed E-state index contributed by atoms with van der Waals surface area (Å²) >= 11 is 3.44. The van der Waals surface area contributed by atoms with Crippen molar-refractivity contribution in [3.05, 3.63) is 39.9 Å². The molecule has 21 heavy (non-hydrogen) atoms. The molecule has 0 spiro atoms. The number of likely N-dealkylation sites (tertiary alicyclic amines) is 1. The molecule has 1 heterocycles. The van der Waals surface area contributed by atoms with Crippen molar-refractivity contribution in [3.63, 3.8) is 0 Å². The number of halogens is 1. The fraction of sp³-hybridized carbons (Fsp3) is 0.471. The predicted molar refractivity (Wildman–Crippen MR) is 89.2 cm³/mol. The monoisotopic (exact) mass is 351 g/mol. The standard InChI is InChI=1S/C17H22BrNO2/c1-17(2,3)21-16(20)19-10-8-14(9-11-19)12-13-4-6-15(18)7-5-13/h4-7,12H,8-11H2,1-3H3. The molecule has 1 fully saturated rings. The third kappa shape index (κ3) is 5.20. The molecule has 1 aliphatic heterocycles. The first-order chi connectivity index (χ1) is 9.83. The van der Waals surface area contributed by atoms with Crippen LogP contribution in [0.15, 0.2) is 34.3 Å². The SMILES string of the molecule is CC(C)(C)OC(=O)N1CCC(=Cc2ccc(Br)cc2)CC1. The van der Waals surface area contributed by atoms with Gasteiger partial charge in [0.2, 0.25) is 0 Å². The van der Waals surface area contributed by atoms with Gasteiger partial charge in [0.25, 0.3) is 0 Å². The predicted octanol–water partition coefficient (Wildman–Crippen LogP) is 4.86. The van der Waals surface area contributed by atoms with Crippen LogP contribution in [0.25, 0.3) is 6.08 Å². The van der Waals surface area contributed by atoms with Crippen LogP contribution >= 0.6 is 15.9 Å². The summed E-state index contributed by atoms with van der Waals surface area (Å²) in [5, 5.41) is 0. The van der Waals surface area contributed by atoms with Crippen molar-refractivity contribution in [3.8, 4) is 0 Å². The van der Waals surface area contributed by atoms with Crippen molar-refractivity contribution in [1.29, 1.82) is 0 Å². The minimum absolute atomic E-state index is 0.204. The van der Waals surface area contributed by atoms with Crippen LogP contribution in [0.4, 0.5) is 4.79 Å². The van der Waals surface area contributed by atoms with Crippen molar-refractivity contribution in [1.82, 2.24) is 4.90 Å². The van der Waals surface area contributed by atoms with E-state index in [2.05, 4.69) is 34.1 Å². The maximum absolute atomic E-state index is 12.0. The largest absolute Gasteiger partial charge is 0.444 e. The average Bonchev–Trinajstić information content (AvgIpc) is 2.40. The lowest BCUT2D eigenvalue weighted by Crippen LogP contribution is -2.40. The van der Waals surface area contributed by atoms with E-state index >= 15 is 0 Å². The summed E-state index contributed by atoms with van der Waals surface area (Å²) in [7, 11) is 0. The van der Waals surface area contributed by atoms with Crippen LogP contribution in [0.2, 0.25) is 0 Å². The summed E-state index contributed by atoms with van der Waals surface area (Å²) in [6.45, 7) is 7.16. The molecule has 3 nitrogen and oxygen atoms in total. The third-order valence-corrected chi connectivity index (χ3v) is 3.83. The van der Waals surface area contributed by atoms with Crippen LogP contribution in [-0.2, 0) is 4.74 Å². The third-order valence-electron chi connectivity index (χ3n) is 3.30. The molecule has 1 saturated heterocycles. The first kappa shape index (κ1) is 16.1. The van der Waals surface area contributed by atoms with Crippen LogP contribution < -0.4 is 0 Å². The Balaban J connectivity index is 1.91. The lowest BCUT2D eigenvalue weighted by molar-refractivity contribution is 0.0237. The highest BCUT2D eigenvalue weighted by atomic mass is 79.9. The molecule has 1 aromatic rings. The van der Waals surface area contributed by atoms with Crippen LogP contribution in [0, 0.1) is 0 Å². The molecule has 0 atom stereocenters. The molecule has 0 N–H and O–H groups in total. The van der Waals surface area contributed by atoms with Crippen molar-refractivity contribution < 1.29 is 9.53 Å². The van der Waals surface area contributed by atoms with Gasteiger partial charge < -0.3 is 9.64 Å². The van der Waals surface area contributed by atoms with Gasteiger partial charge >= 0.3 is 6.09 Å². The number of rotatable bonds is 1. The van der Waals surface area contributed by atoms with Gasteiger partial charge in [0.05, 0.1) is 0 Å². The van der Waals surface area contributed by atoms with Gasteiger partial charge in [-0.3, -0.25) is 0 Å². The Kier molecular flexibility index (Phi) is 5.09. The van der Waals surface area contributed by atoms with E-state index in [-0.39, 0.29) is 6.09 Å². The molecule has 2 rings (SSSR count). The summed E-state index contributed by atoms with van der Waals surface area (Å²) in [5.74, 6) is 0. The molecule has 0 bridgehead atoms. The molecule has 0 unspecified atom stereocenters. The van der Waals surface area contributed by atoms with E-state index in [1.165, 1.54) is 11.1 Å². The quantitative estimate of drug-likeness (QED) is 0.722. The van der Waals surface area contributed by atoms with E-state index in [1.54, 1.807) is 4.90 Å². The van der Waals surface area contributed by atoms with Crippen molar-refractivity contribution in [2.75, 3.05) is 13.1 Å². The Labute approximate surface area is 135 Å². The van der Waals surface area contributed by atoms with Gasteiger partial charge in [0, 0.05) is 17.6 Å². The second-order valence-electron chi connectivity index (χ2n) is 6.32. The van der Waals surface area contributed by atoms with Gasteiger partial charge in [-0.15, -0.1) is 0 Å². The van der Waals surface area contributed by atoms with E-state index < -0.39 is 5.60 Å². The molecular formula is C17H22BrNO2. The Morgan fingerprint density at radius 3 is 2.29 bits per heavy atom. The van der Waals surface area contributed by atoms with Gasteiger partial charge in [0.1, 0.15) is 5.60 Å². The van der Waals surface area contributed by atoms with E-state index in [9.17, 15) is 4.79 Å². The second-order valence-corrected chi connectivity index (χ2v) is 7.24. The highest BCUT2D eigenvalue weighted by Gasteiger charge is 2.24. The number of hydrogen-bond donors (Lipinski definition) is 0. The molecule has 1 amide bonds. The van der Waals surface area contributed by atoms with Gasteiger partial charge in [0.15, 0.2) is 0 Å². The topological polar surface area (TPSA) is 29.5 Å². The first-order valence-corrected chi connectivity index (χ1v) is 8.06. The van der Waals surface area contributed by atoms with Crippen molar-refractivity contribution >= 4 is 28.1 Å². The highest BCUT2D eigenvalue weighted by molar-refractivity contribution is 9.10. The molecule has 0 aromatic heterocycles. The van der Waals surface area contributed by atoms with Crippen LogP contribution in [0.3, 0.4) is 0 Å².